The van der Waals surface area contributed by atoms with Crippen LogP contribution >= 0.6 is 11.6 Å². The Morgan fingerprint density at radius 3 is 2.15 bits per heavy atom. The van der Waals surface area contributed by atoms with Crippen LogP contribution in [-0.2, 0) is 9.59 Å². The summed E-state index contributed by atoms with van der Waals surface area (Å²) in [7, 11) is 0. The Morgan fingerprint density at radius 1 is 0.848 bits per heavy atom. The normalized spacial score (nSPS) is 15.4. The zero-order valence-electron chi connectivity index (χ0n) is 19.1. The zero-order chi connectivity index (χ0) is 24.0. The number of aromatic nitrogens is 1. The molecule has 0 saturated carbocycles. The Labute approximate surface area is 197 Å². The molecular weight excluding hydrogens is 438 g/mol. The highest BCUT2D eigenvalue weighted by molar-refractivity contribution is 6.39. The van der Waals surface area contributed by atoms with Crippen LogP contribution in [0, 0.1) is 34.6 Å². The van der Waals surface area contributed by atoms with Crippen molar-refractivity contribution in [2.75, 3.05) is 4.90 Å². The van der Waals surface area contributed by atoms with Gasteiger partial charge in [0.15, 0.2) is 0 Å². The molecule has 0 spiro atoms. The lowest BCUT2D eigenvalue weighted by atomic mass is 10.1. The van der Waals surface area contributed by atoms with Crippen LogP contribution in [0.5, 0.6) is 0 Å². The number of amides is 4. The minimum absolute atomic E-state index is 0.119. The number of aryl methyl sites for hydroxylation is 4. The monoisotopic (exact) mass is 461 g/mol. The molecule has 1 N–H and O–H groups in total. The van der Waals surface area contributed by atoms with Crippen molar-refractivity contribution in [1.29, 1.82) is 0 Å². The van der Waals surface area contributed by atoms with E-state index >= 15 is 0 Å². The van der Waals surface area contributed by atoms with Crippen LogP contribution in [0.2, 0.25) is 5.02 Å². The maximum atomic E-state index is 13.2. The summed E-state index contributed by atoms with van der Waals surface area (Å²) in [5.41, 5.74) is 6.86. The summed E-state index contributed by atoms with van der Waals surface area (Å²) in [6.07, 6.45) is 1.54. The van der Waals surface area contributed by atoms with Gasteiger partial charge in [-0.3, -0.25) is 14.9 Å². The van der Waals surface area contributed by atoms with Crippen molar-refractivity contribution >= 4 is 41.2 Å². The number of rotatable bonds is 3. The van der Waals surface area contributed by atoms with E-state index < -0.39 is 17.8 Å². The number of carbonyl (C=O) groups is 3. The number of carbonyl (C=O) groups excluding carboxylic acids is 3. The molecule has 7 heteroatoms. The van der Waals surface area contributed by atoms with Crippen LogP contribution in [0.15, 0.2) is 48.0 Å². The number of anilines is 1. The number of hydrogen-bond acceptors (Lipinski definition) is 3. The third-order valence-electron chi connectivity index (χ3n) is 5.75. The van der Waals surface area contributed by atoms with Gasteiger partial charge in [-0.25, -0.2) is 9.69 Å². The highest BCUT2D eigenvalue weighted by Crippen LogP contribution is 2.28. The molecule has 0 atom stereocenters. The molecule has 1 aromatic heterocycles. The fourth-order valence-corrected chi connectivity index (χ4v) is 4.35. The van der Waals surface area contributed by atoms with Crippen molar-refractivity contribution in [3.8, 4) is 5.69 Å². The summed E-state index contributed by atoms with van der Waals surface area (Å²) in [5.74, 6) is -1.42. The molecule has 33 heavy (non-hydrogen) atoms. The zero-order valence-corrected chi connectivity index (χ0v) is 19.9. The molecule has 4 rings (SSSR count). The first-order valence-corrected chi connectivity index (χ1v) is 10.9. The first-order valence-electron chi connectivity index (χ1n) is 10.5. The smallest absolute Gasteiger partial charge is 0.318 e. The molecule has 1 aliphatic rings. The molecular formula is C26H24ClN3O3. The van der Waals surface area contributed by atoms with E-state index in [2.05, 4.69) is 28.1 Å². The number of nitrogens with zero attached hydrogens (tertiary/aromatic N) is 2. The van der Waals surface area contributed by atoms with Crippen molar-refractivity contribution in [3.63, 3.8) is 0 Å². The van der Waals surface area contributed by atoms with Crippen LogP contribution in [-0.4, -0.2) is 22.4 Å². The third-order valence-corrected chi connectivity index (χ3v) is 6.16. The molecule has 1 fully saturated rings. The van der Waals surface area contributed by atoms with Crippen LogP contribution < -0.4 is 10.2 Å². The van der Waals surface area contributed by atoms with Gasteiger partial charge in [0.05, 0.1) is 5.69 Å². The lowest BCUT2D eigenvalue weighted by molar-refractivity contribution is -0.122. The van der Waals surface area contributed by atoms with Crippen LogP contribution in [0.4, 0.5) is 10.5 Å². The molecule has 3 aromatic rings. The third kappa shape index (κ3) is 4.10. The highest BCUT2D eigenvalue weighted by Gasteiger charge is 2.37. The number of halogens is 1. The van der Waals surface area contributed by atoms with E-state index in [1.807, 2.05) is 40.7 Å². The molecule has 2 heterocycles. The number of benzene rings is 2. The minimum Gasteiger partial charge on any atom is -0.318 e. The number of imide groups is 2. The average Bonchev–Trinajstić information content (AvgIpc) is 3.00. The van der Waals surface area contributed by atoms with Gasteiger partial charge in [-0.15, -0.1) is 0 Å². The number of barbiturate groups is 1. The Bertz CT molecular complexity index is 1350. The molecule has 4 amide bonds. The van der Waals surface area contributed by atoms with Crippen molar-refractivity contribution < 1.29 is 14.4 Å². The van der Waals surface area contributed by atoms with E-state index in [9.17, 15) is 14.4 Å². The number of urea groups is 1. The second kappa shape index (κ2) is 8.37. The fraction of sp³-hybridized carbons (Fsp3) is 0.192. The fourth-order valence-electron chi connectivity index (χ4n) is 4.18. The Kier molecular flexibility index (Phi) is 5.72. The van der Waals surface area contributed by atoms with Gasteiger partial charge in [0.1, 0.15) is 5.57 Å². The standard InChI is InChI=1S/C26H24ClN3O3/c1-14-8-15(2)10-21(9-14)29-17(4)11-19(18(29)5)12-22-24(31)28-26(33)30(25(22)32)20-7-6-16(3)23(27)13-20/h6-13H,1-5H3,(H,28,31,33)/b22-12-. The van der Waals surface area contributed by atoms with Gasteiger partial charge in [0.25, 0.3) is 11.8 Å². The van der Waals surface area contributed by atoms with Gasteiger partial charge >= 0.3 is 6.03 Å². The Morgan fingerprint density at radius 2 is 1.52 bits per heavy atom. The summed E-state index contributed by atoms with van der Waals surface area (Å²) in [6, 6.07) is 12.3. The molecule has 0 radical (unpaired) electrons. The predicted molar refractivity (Wildman–Crippen MR) is 130 cm³/mol. The summed E-state index contributed by atoms with van der Waals surface area (Å²) in [6.45, 7) is 9.82. The quantitative estimate of drug-likeness (QED) is 0.422. The molecule has 2 aromatic carbocycles. The van der Waals surface area contributed by atoms with Crippen molar-refractivity contribution in [2.24, 2.45) is 0 Å². The molecule has 1 aliphatic heterocycles. The van der Waals surface area contributed by atoms with E-state index in [0.717, 1.165) is 44.2 Å². The lowest BCUT2D eigenvalue weighted by Gasteiger charge is -2.26. The lowest BCUT2D eigenvalue weighted by Crippen LogP contribution is -2.54. The maximum Gasteiger partial charge on any atom is 0.335 e. The van der Waals surface area contributed by atoms with Gasteiger partial charge in [-0.05, 0) is 93.3 Å². The second-order valence-electron chi connectivity index (χ2n) is 8.40. The van der Waals surface area contributed by atoms with Crippen LogP contribution in [0.1, 0.15) is 33.6 Å². The average molecular weight is 462 g/mol. The van der Waals surface area contributed by atoms with Crippen LogP contribution in [0.3, 0.4) is 0 Å². The summed E-state index contributed by atoms with van der Waals surface area (Å²) in [5, 5.41) is 2.68. The van der Waals surface area contributed by atoms with E-state index in [0.29, 0.717) is 10.7 Å². The predicted octanol–water partition coefficient (Wildman–Crippen LogP) is 5.34. The van der Waals surface area contributed by atoms with Gasteiger partial charge in [-0.1, -0.05) is 23.7 Å². The van der Waals surface area contributed by atoms with Gasteiger partial charge in [0, 0.05) is 22.1 Å². The molecule has 1 saturated heterocycles. The summed E-state index contributed by atoms with van der Waals surface area (Å²) < 4.78 is 2.08. The van der Waals surface area contributed by atoms with Gasteiger partial charge in [-0.2, -0.15) is 0 Å². The SMILES string of the molecule is Cc1cc(C)cc(-n2c(C)cc(/C=C3/C(=O)NC(=O)N(c4ccc(C)c(Cl)c4)C3=O)c2C)c1. The van der Waals surface area contributed by atoms with E-state index in [4.69, 9.17) is 11.6 Å². The maximum absolute atomic E-state index is 13.2. The first kappa shape index (κ1) is 22.6. The first-order chi connectivity index (χ1) is 15.6. The molecule has 0 bridgehead atoms. The topological polar surface area (TPSA) is 71.4 Å². The van der Waals surface area contributed by atoms with Crippen LogP contribution in [0.25, 0.3) is 11.8 Å². The van der Waals surface area contributed by atoms with Crippen molar-refractivity contribution in [3.05, 3.63) is 86.7 Å². The van der Waals surface area contributed by atoms with E-state index in [1.165, 1.54) is 12.1 Å². The van der Waals surface area contributed by atoms with Crippen molar-refractivity contribution in [2.45, 2.75) is 34.6 Å². The highest BCUT2D eigenvalue weighted by atomic mass is 35.5. The number of hydrogen-bond donors (Lipinski definition) is 1. The minimum atomic E-state index is -0.803. The van der Waals surface area contributed by atoms with Crippen molar-refractivity contribution in [1.82, 2.24) is 9.88 Å². The van der Waals surface area contributed by atoms with E-state index in [1.54, 1.807) is 12.1 Å². The Hall–Kier alpha value is -3.64. The molecule has 6 nitrogen and oxygen atoms in total. The van der Waals surface area contributed by atoms with Gasteiger partial charge < -0.3 is 4.57 Å². The van der Waals surface area contributed by atoms with Gasteiger partial charge in [0.2, 0.25) is 0 Å². The molecule has 168 valence electrons. The number of nitrogens with one attached hydrogen (secondary N) is 1. The Balaban J connectivity index is 1.78. The largest absolute Gasteiger partial charge is 0.335 e. The second-order valence-corrected chi connectivity index (χ2v) is 8.81. The molecule has 0 aliphatic carbocycles. The summed E-state index contributed by atoms with van der Waals surface area (Å²) >= 11 is 6.19. The van der Waals surface area contributed by atoms with E-state index in [-0.39, 0.29) is 5.57 Å². The molecule has 0 unspecified atom stereocenters. The summed E-state index contributed by atoms with van der Waals surface area (Å²) in [4.78, 5) is 39.2.